The summed E-state index contributed by atoms with van der Waals surface area (Å²) < 4.78 is 29.4. The Morgan fingerprint density at radius 3 is 2.18 bits per heavy atom. The number of carbonyl (C=O) groups is 8. The Balaban J connectivity index is 1.07. The number of hydrogen-bond donors (Lipinski definition) is 6. The fourth-order valence-electron chi connectivity index (χ4n) is 9.97. The summed E-state index contributed by atoms with van der Waals surface area (Å²) in [6, 6.07) is 4.77. The van der Waals surface area contributed by atoms with Crippen LogP contribution in [0, 0.1) is 17.8 Å². The van der Waals surface area contributed by atoms with Gasteiger partial charge in [-0.2, -0.15) is 0 Å². The van der Waals surface area contributed by atoms with Crippen molar-refractivity contribution in [3.05, 3.63) is 77.9 Å². The first kappa shape index (κ1) is 66.3. The van der Waals surface area contributed by atoms with E-state index in [-0.39, 0.29) is 107 Å². The van der Waals surface area contributed by atoms with Crippen LogP contribution in [0.1, 0.15) is 126 Å². The number of nitrogens with zero attached hydrogens (tertiary/aromatic N) is 3. The van der Waals surface area contributed by atoms with Crippen LogP contribution in [0.5, 0.6) is 0 Å². The summed E-state index contributed by atoms with van der Waals surface area (Å²) >= 11 is 0. The second kappa shape index (κ2) is 30.7. The Hall–Kier alpha value is -6.46. The first-order valence-electron chi connectivity index (χ1n) is 28.7. The maximum Gasteiger partial charge on any atom is 0.410 e. The highest BCUT2D eigenvalue weighted by molar-refractivity contribution is 6.12. The topological polar surface area (TPSA) is 293 Å². The maximum atomic E-state index is 13.8. The van der Waals surface area contributed by atoms with E-state index in [2.05, 4.69) is 16.0 Å². The van der Waals surface area contributed by atoms with Crippen molar-refractivity contribution in [2.75, 3.05) is 45.2 Å². The van der Waals surface area contributed by atoms with Crippen molar-refractivity contribution in [2.24, 2.45) is 17.8 Å². The van der Waals surface area contributed by atoms with E-state index in [9.17, 15) is 53.7 Å². The molecule has 0 aliphatic carbocycles. The number of benzene rings is 1. The third-order valence-corrected chi connectivity index (χ3v) is 15.6. The van der Waals surface area contributed by atoms with Crippen molar-refractivity contribution in [2.45, 2.75) is 187 Å². The minimum absolute atomic E-state index is 0.0538. The third-order valence-electron chi connectivity index (χ3n) is 15.6. The van der Waals surface area contributed by atoms with Crippen molar-refractivity contribution in [3.63, 3.8) is 0 Å². The van der Waals surface area contributed by atoms with Crippen LogP contribution >= 0.6 is 0 Å². The van der Waals surface area contributed by atoms with E-state index >= 15 is 0 Å². The molecule has 454 valence electrons. The van der Waals surface area contributed by atoms with Gasteiger partial charge in [0.1, 0.15) is 30.4 Å². The number of epoxide rings is 1. The molecule has 82 heavy (non-hydrogen) atoms. The van der Waals surface area contributed by atoms with Crippen molar-refractivity contribution >= 4 is 53.4 Å². The lowest BCUT2D eigenvalue weighted by molar-refractivity contribution is -0.151. The van der Waals surface area contributed by atoms with Gasteiger partial charge < -0.3 is 64.8 Å². The van der Waals surface area contributed by atoms with Crippen LogP contribution in [0.3, 0.4) is 0 Å². The van der Waals surface area contributed by atoms with Crippen LogP contribution in [0.15, 0.2) is 72.4 Å². The fraction of sp³-hybridized carbons (Fsp3) is 0.633. The average molecular weight is 1150 g/mol. The molecule has 0 aromatic heterocycles. The standard InChI is InChI=1S/C60H88N6O16/c1-11-45(68)40(6)54-46(80-54)35-59(8,77)27-15-16-38(4)53-39(5)18-23-47(60(9,78-10)28-26-44(67)34-51(72)82-53)81-58(76)65-32-30-64(31-33-65)57(75)79-36-42-19-21-43(22-20-42)62-55(73)41(7)61-56(74)52(37(2)3)63-48(69)17-13-12-14-29-66-49(70)24-25-50(66)71/h15-16,18-25,27,37,39-41,44-47,52-54,67-68,77H,11-14,17,26,28-36H2,1-10H3,(H,61,74)(H,62,73)(H,63,69)/b23-18-,27-15+,38-16+/t39-,40+,41-,44+,45-,46-,47-,52-,53+,54-,59-,60+/m0/s1. The van der Waals surface area contributed by atoms with Gasteiger partial charge in [-0.3, -0.25) is 33.7 Å². The molecule has 4 aliphatic heterocycles. The number of ether oxygens (including phenoxy) is 5. The number of hydrogen-bond acceptors (Lipinski definition) is 16. The van der Waals surface area contributed by atoms with Gasteiger partial charge in [-0.05, 0) is 95.1 Å². The lowest BCUT2D eigenvalue weighted by Crippen LogP contribution is -2.53. The number of aliphatic hydroxyl groups is 3. The maximum absolute atomic E-state index is 13.8. The van der Waals surface area contributed by atoms with E-state index in [4.69, 9.17) is 23.7 Å². The third kappa shape index (κ3) is 19.9. The highest BCUT2D eigenvalue weighted by Gasteiger charge is 2.47. The highest BCUT2D eigenvalue weighted by atomic mass is 16.6. The molecule has 12 atom stereocenters. The van der Waals surface area contributed by atoms with Crippen LogP contribution in [-0.4, -0.2) is 177 Å². The molecule has 2 fully saturated rings. The summed E-state index contributed by atoms with van der Waals surface area (Å²) in [5, 5.41) is 40.5. The molecular weight excluding hydrogens is 1060 g/mol. The van der Waals surface area contributed by atoms with Gasteiger partial charge >= 0.3 is 18.2 Å². The number of esters is 1. The monoisotopic (exact) mass is 1150 g/mol. The second-order valence-corrected chi connectivity index (χ2v) is 22.9. The molecule has 0 unspecified atom stereocenters. The van der Waals surface area contributed by atoms with Crippen molar-refractivity contribution < 1.29 is 77.4 Å². The molecule has 4 aliphatic rings. The molecule has 1 aromatic carbocycles. The predicted octanol–water partition coefficient (Wildman–Crippen LogP) is 5.39. The van der Waals surface area contributed by atoms with E-state index in [1.54, 1.807) is 89.3 Å². The van der Waals surface area contributed by atoms with Crippen molar-refractivity contribution in [1.29, 1.82) is 0 Å². The number of aliphatic hydroxyl groups excluding tert-OH is 2. The summed E-state index contributed by atoms with van der Waals surface area (Å²) in [7, 11) is 1.49. The molecule has 6 N–H and O–H groups in total. The van der Waals surface area contributed by atoms with Crippen molar-refractivity contribution in [1.82, 2.24) is 25.3 Å². The van der Waals surface area contributed by atoms with Gasteiger partial charge in [0, 0.05) is 82.4 Å². The van der Waals surface area contributed by atoms with Crippen molar-refractivity contribution in [3.8, 4) is 0 Å². The van der Waals surface area contributed by atoms with E-state index in [0.717, 1.165) is 4.90 Å². The van der Waals surface area contributed by atoms with Gasteiger partial charge in [-0.1, -0.05) is 77.5 Å². The number of piperazine rings is 1. The van der Waals surface area contributed by atoms with Crippen LogP contribution in [0.25, 0.3) is 0 Å². The Kier molecular flexibility index (Phi) is 24.9. The summed E-state index contributed by atoms with van der Waals surface area (Å²) in [6.07, 6.45) is 9.10. The number of rotatable bonds is 24. The largest absolute Gasteiger partial charge is 0.457 e. The number of methoxy groups -OCH3 is 1. The quantitative estimate of drug-likeness (QED) is 0.0144. The molecule has 0 bridgehead atoms. The summed E-state index contributed by atoms with van der Waals surface area (Å²) in [6.45, 7) is 16.8. The zero-order chi connectivity index (χ0) is 60.5. The lowest BCUT2D eigenvalue weighted by Gasteiger charge is -2.38. The molecular formula is C60H88N6O16. The Morgan fingerprint density at radius 1 is 0.915 bits per heavy atom. The second-order valence-electron chi connectivity index (χ2n) is 22.9. The number of imide groups is 1. The molecule has 22 heteroatoms. The molecule has 4 heterocycles. The summed E-state index contributed by atoms with van der Waals surface area (Å²) in [5.74, 6) is -3.41. The Morgan fingerprint density at radius 2 is 1.56 bits per heavy atom. The number of nitrogens with one attached hydrogen (secondary N) is 3. The number of anilines is 1. The average Bonchev–Trinajstić information content (AvgIpc) is 4.34. The zero-order valence-electron chi connectivity index (χ0n) is 49.3. The number of amides is 7. The van der Waals surface area contributed by atoms with E-state index in [1.807, 2.05) is 20.8 Å². The molecule has 0 spiro atoms. The van der Waals surface area contributed by atoms with Crippen LogP contribution in [0.2, 0.25) is 0 Å². The normalized spacial score (nSPS) is 26.1. The van der Waals surface area contributed by atoms with Gasteiger partial charge in [0.25, 0.3) is 11.8 Å². The molecule has 7 amide bonds. The smallest absolute Gasteiger partial charge is 0.410 e. The number of unbranched alkanes of at least 4 members (excludes halogenated alkanes) is 2. The van der Waals surface area contributed by atoms with Gasteiger partial charge in [0.2, 0.25) is 17.7 Å². The van der Waals surface area contributed by atoms with E-state index < -0.39 is 83.6 Å². The van der Waals surface area contributed by atoms with E-state index in [1.165, 1.54) is 36.0 Å². The van der Waals surface area contributed by atoms with Gasteiger partial charge in [-0.25, -0.2) is 9.59 Å². The Bertz CT molecular complexity index is 2490. The van der Waals surface area contributed by atoms with Gasteiger partial charge in [0.15, 0.2) is 6.10 Å². The Labute approximate surface area is 482 Å². The minimum atomic E-state index is -1.22. The van der Waals surface area contributed by atoms with Crippen LogP contribution in [0.4, 0.5) is 15.3 Å². The van der Waals surface area contributed by atoms with Gasteiger partial charge in [-0.15, -0.1) is 0 Å². The molecule has 1 aromatic rings. The fourth-order valence-corrected chi connectivity index (χ4v) is 9.97. The van der Waals surface area contributed by atoms with Gasteiger partial charge in [0.05, 0.1) is 36.4 Å². The van der Waals surface area contributed by atoms with E-state index in [0.29, 0.717) is 48.9 Å². The number of allylic oxidation sites excluding steroid dienone is 2. The van der Waals surface area contributed by atoms with Crippen LogP contribution in [-0.2, 0) is 59.1 Å². The molecule has 0 radical (unpaired) electrons. The molecule has 22 nitrogen and oxygen atoms in total. The zero-order valence-corrected chi connectivity index (χ0v) is 49.3. The molecule has 2 saturated heterocycles. The summed E-state index contributed by atoms with van der Waals surface area (Å²) in [5.41, 5.74) is -0.598. The number of carbonyl (C=O) groups excluding carboxylic acids is 8. The lowest BCUT2D eigenvalue weighted by atomic mass is 9.88. The molecule has 5 rings (SSSR count). The molecule has 0 saturated carbocycles. The SMILES string of the molecule is CC[C@H](O)[C@@H](C)[C@@H]1O[C@H]1C[C@@](C)(O)/C=C/C=C(\C)[C@H]1OC(=O)C[C@H](O)CC[C@@](C)(OC)[C@@H](OC(=O)N2CCN(C(=O)OCc3ccc(NC(=O)[C@H](C)NC(=O)[C@@H](NC(=O)CCCCCN4C(=O)C=CC4=O)C(C)C)cc3)CC2)/C=C\[C@@H]1C. The van der Waals surface area contributed by atoms with Crippen LogP contribution < -0.4 is 16.0 Å². The predicted molar refractivity (Wildman–Crippen MR) is 303 cm³/mol. The summed E-state index contributed by atoms with van der Waals surface area (Å²) in [4.78, 5) is 107. The number of cyclic esters (lactones) is 1. The first-order valence-corrected chi connectivity index (χ1v) is 28.7. The first-order chi connectivity index (χ1) is 38.7. The minimum Gasteiger partial charge on any atom is -0.457 e. The highest BCUT2D eigenvalue weighted by Crippen LogP contribution is 2.38.